The molecule has 0 aromatic carbocycles. The van der Waals surface area contributed by atoms with E-state index in [1.165, 1.54) is 5.56 Å². The number of methoxy groups -OCH3 is 1. The maximum absolute atomic E-state index is 12.4. The molecule has 1 amide bonds. The molecule has 7 nitrogen and oxygen atoms in total. The van der Waals surface area contributed by atoms with Gasteiger partial charge in [-0.15, -0.1) is 0 Å². The fourth-order valence-corrected chi connectivity index (χ4v) is 3.88. The van der Waals surface area contributed by atoms with E-state index in [1.54, 1.807) is 18.3 Å². The van der Waals surface area contributed by atoms with E-state index in [0.29, 0.717) is 19.0 Å². The molecule has 1 aliphatic heterocycles. The van der Waals surface area contributed by atoms with Gasteiger partial charge in [-0.25, -0.2) is 14.8 Å². The van der Waals surface area contributed by atoms with Gasteiger partial charge in [0.25, 0.3) is 0 Å². The van der Waals surface area contributed by atoms with Crippen molar-refractivity contribution in [1.82, 2.24) is 14.9 Å². The molecule has 7 heteroatoms. The molecule has 2 aliphatic rings. The fourth-order valence-electron chi connectivity index (χ4n) is 3.88. The van der Waals surface area contributed by atoms with Crippen LogP contribution in [-0.2, 0) is 9.47 Å². The van der Waals surface area contributed by atoms with Crippen molar-refractivity contribution in [2.45, 2.75) is 64.7 Å². The lowest BCUT2D eigenvalue weighted by Gasteiger charge is -2.41. The maximum atomic E-state index is 12.4. The van der Waals surface area contributed by atoms with Crippen LogP contribution in [0.4, 0.5) is 10.6 Å². The number of carbonyl (C=O) groups excluding carboxylic acids is 1. The van der Waals surface area contributed by atoms with Crippen molar-refractivity contribution in [3.05, 3.63) is 17.6 Å². The molecule has 1 aromatic rings. The molecule has 3 atom stereocenters. The van der Waals surface area contributed by atoms with Crippen LogP contribution < -0.4 is 4.90 Å². The highest BCUT2D eigenvalue weighted by Crippen LogP contribution is 2.44. The molecule has 1 aromatic heterocycles. The molecule has 0 radical (unpaired) electrons. The van der Waals surface area contributed by atoms with E-state index < -0.39 is 5.60 Å². The Bertz CT molecular complexity index is 673. The van der Waals surface area contributed by atoms with Gasteiger partial charge in [-0.3, -0.25) is 0 Å². The van der Waals surface area contributed by atoms with E-state index in [0.717, 1.165) is 24.5 Å². The van der Waals surface area contributed by atoms with Crippen molar-refractivity contribution in [2.75, 3.05) is 31.6 Å². The van der Waals surface area contributed by atoms with Crippen LogP contribution in [0.1, 0.15) is 64.3 Å². The first-order valence-corrected chi connectivity index (χ1v) is 9.33. The standard InChI is InChI=1S/C19H30N4O3/c1-12-9-14(25-6)16-15(12)17(21-11-20-16)23-8-7-22(10-13(23)2)18(24)26-19(3,4)5/h11-14H,7-10H2,1-6H3/t12-,13?,14-/m1/s1. The molecule has 0 N–H and O–H groups in total. The Morgan fingerprint density at radius 2 is 1.96 bits per heavy atom. The van der Waals surface area contributed by atoms with Crippen LogP contribution in [-0.4, -0.2) is 59.3 Å². The average molecular weight is 362 g/mol. The lowest BCUT2D eigenvalue weighted by molar-refractivity contribution is 0.0218. The van der Waals surface area contributed by atoms with Gasteiger partial charge in [-0.1, -0.05) is 6.92 Å². The molecule has 26 heavy (non-hydrogen) atoms. The monoisotopic (exact) mass is 362 g/mol. The second-order valence-corrected chi connectivity index (χ2v) is 8.33. The number of ether oxygens (including phenoxy) is 2. The summed E-state index contributed by atoms with van der Waals surface area (Å²) in [5, 5.41) is 0. The summed E-state index contributed by atoms with van der Waals surface area (Å²) in [7, 11) is 1.73. The second kappa shape index (κ2) is 7.02. The Balaban J connectivity index is 1.77. The predicted octanol–water partition coefficient (Wildman–Crippen LogP) is 3.12. The highest BCUT2D eigenvalue weighted by atomic mass is 16.6. The van der Waals surface area contributed by atoms with Gasteiger partial charge in [0, 0.05) is 38.3 Å². The maximum Gasteiger partial charge on any atom is 0.410 e. The number of rotatable bonds is 2. The Morgan fingerprint density at radius 1 is 1.23 bits per heavy atom. The lowest BCUT2D eigenvalue weighted by atomic mass is 10.0. The van der Waals surface area contributed by atoms with Gasteiger partial charge in [0.1, 0.15) is 23.9 Å². The summed E-state index contributed by atoms with van der Waals surface area (Å²) in [5.74, 6) is 1.35. The second-order valence-electron chi connectivity index (χ2n) is 8.33. The summed E-state index contributed by atoms with van der Waals surface area (Å²) >= 11 is 0. The summed E-state index contributed by atoms with van der Waals surface area (Å²) in [6, 6.07) is 0.157. The molecule has 1 saturated heterocycles. The number of anilines is 1. The molecule has 144 valence electrons. The molecule has 2 heterocycles. The Kier molecular flexibility index (Phi) is 5.10. The van der Waals surface area contributed by atoms with Gasteiger partial charge in [-0.2, -0.15) is 0 Å². The van der Waals surface area contributed by atoms with Crippen LogP contribution in [0.2, 0.25) is 0 Å². The van der Waals surface area contributed by atoms with Crippen LogP contribution in [0.3, 0.4) is 0 Å². The summed E-state index contributed by atoms with van der Waals surface area (Å²) in [6.45, 7) is 12.0. The Labute approximate surface area is 155 Å². The summed E-state index contributed by atoms with van der Waals surface area (Å²) in [4.78, 5) is 25.5. The summed E-state index contributed by atoms with van der Waals surface area (Å²) < 4.78 is 11.1. The average Bonchev–Trinajstić information content (AvgIpc) is 2.90. The zero-order valence-corrected chi connectivity index (χ0v) is 16.7. The van der Waals surface area contributed by atoms with Gasteiger partial charge in [0.15, 0.2) is 0 Å². The molecule has 3 rings (SSSR count). The normalized spacial score (nSPS) is 26.0. The number of carbonyl (C=O) groups is 1. The summed E-state index contributed by atoms with van der Waals surface area (Å²) in [6.07, 6.45) is 2.36. The van der Waals surface area contributed by atoms with Crippen molar-refractivity contribution in [1.29, 1.82) is 0 Å². The van der Waals surface area contributed by atoms with Crippen LogP contribution in [0.15, 0.2) is 6.33 Å². The first kappa shape index (κ1) is 18.9. The quantitative estimate of drug-likeness (QED) is 0.805. The first-order chi connectivity index (χ1) is 12.2. The number of piperazine rings is 1. The van der Waals surface area contributed by atoms with E-state index >= 15 is 0 Å². The van der Waals surface area contributed by atoms with Crippen LogP contribution >= 0.6 is 0 Å². The van der Waals surface area contributed by atoms with Crippen LogP contribution in [0, 0.1) is 0 Å². The van der Waals surface area contributed by atoms with Gasteiger partial charge < -0.3 is 19.3 Å². The first-order valence-electron chi connectivity index (χ1n) is 9.33. The largest absolute Gasteiger partial charge is 0.444 e. The number of amides is 1. The van der Waals surface area contributed by atoms with Crippen molar-refractivity contribution < 1.29 is 14.3 Å². The number of nitrogens with zero attached hydrogens (tertiary/aromatic N) is 4. The van der Waals surface area contributed by atoms with Gasteiger partial charge in [0.2, 0.25) is 0 Å². The fraction of sp³-hybridized carbons (Fsp3) is 0.737. The molecular formula is C19H30N4O3. The van der Waals surface area contributed by atoms with E-state index in [9.17, 15) is 4.79 Å². The van der Waals surface area contributed by atoms with Crippen molar-refractivity contribution in [3.8, 4) is 0 Å². The van der Waals surface area contributed by atoms with Gasteiger partial charge in [0.05, 0.1) is 5.69 Å². The number of aromatic nitrogens is 2. The van der Waals surface area contributed by atoms with Crippen LogP contribution in [0.5, 0.6) is 0 Å². The molecule has 0 bridgehead atoms. The van der Waals surface area contributed by atoms with E-state index in [4.69, 9.17) is 9.47 Å². The highest BCUT2D eigenvalue weighted by Gasteiger charge is 2.37. The van der Waals surface area contributed by atoms with E-state index in [2.05, 4.69) is 28.7 Å². The smallest absolute Gasteiger partial charge is 0.410 e. The minimum Gasteiger partial charge on any atom is -0.444 e. The molecular weight excluding hydrogens is 332 g/mol. The molecule has 0 saturated carbocycles. The lowest BCUT2D eigenvalue weighted by Crippen LogP contribution is -2.55. The van der Waals surface area contributed by atoms with Crippen molar-refractivity contribution in [2.24, 2.45) is 0 Å². The van der Waals surface area contributed by atoms with Crippen molar-refractivity contribution in [3.63, 3.8) is 0 Å². The van der Waals surface area contributed by atoms with Crippen molar-refractivity contribution >= 4 is 11.9 Å². The van der Waals surface area contributed by atoms with Crippen LogP contribution in [0.25, 0.3) is 0 Å². The minimum atomic E-state index is -0.477. The third kappa shape index (κ3) is 3.63. The van der Waals surface area contributed by atoms with Gasteiger partial charge in [-0.05, 0) is 40.0 Å². The predicted molar refractivity (Wildman–Crippen MR) is 99.4 cm³/mol. The molecule has 1 fully saturated rings. The topological polar surface area (TPSA) is 67.8 Å². The molecule has 1 unspecified atom stereocenters. The highest BCUT2D eigenvalue weighted by molar-refractivity contribution is 5.69. The third-order valence-electron chi connectivity index (χ3n) is 5.09. The number of hydrogen-bond donors (Lipinski definition) is 0. The molecule has 1 aliphatic carbocycles. The SMILES string of the molecule is CO[C@@H]1C[C@@H](C)c2c1ncnc2N1CCN(C(=O)OC(C)(C)C)CC1C. The van der Waals surface area contributed by atoms with E-state index in [1.807, 2.05) is 20.8 Å². The Morgan fingerprint density at radius 3 is 2.58 bits per heavy atom. The third-order valence-corrected chi connectivity index (χ3v) is 5.09. The Hall–Kier alpha value is -1.89. The molecule has 0 spiro atoms. The zero-order chi connectivity index (χ0) is 19.1. The summed E-state index contributed by atoms with van der Waals surface area (Å²) in [5.41, 5.74) is 1.72. The number of hydrogen-bond acceptors (Lipinski definition) is 6. The number of fused-ring (bicyclic) bond motifs is 1. The van der Waals surface area contributed by atoms with Gasteiger partial charge >= 0.3 is 6.09 Å². The minimum absolute atomic E-state index is 0.0418. The zero-order valence-electron chi connectivity index (χ0n) is 16.7. The van der Waals surface area contributed by atoms with E-state index in [-0.39, 0.29) is 18.2 Å².